The number of benzene rings is 2. The molecule has 0 atom stereocenters. The number of aryl methyl sites for hydroxylation is 1. The summed E-state index contributed by atoms with van der Waals surface area (Å²) >= 11 is 0. The van der Waals surface area contributed by atoms with Gasteiger partial charge in [0.1, 0.15) is 11.6 Å². The normalized spacial score (nSPS) is 10.4. The Bertz CT molecular complexity index is 836. The van der Waals surface area contributed by atoms with Crippen LogP contribution in [0.5, 0.6) is 5.75 Å². The van der Waals surface area contributed by atoms with Gasteiger partial charge in [0.05, 0.1) is 12.8 Å². The first-order valence-electron chi connectivity index (χ1n) is 8.16. The monoisotopic (exact) mass is 334 g/mol. The largest absolute Gasteiger partial charge is 0.495 e. The highest BCUT2D eigenvalue weighted by Crippen LogP contribution is 2.27. The van der Waals surface area contributed by atoms with Crippen molar-refractivity contribution in [1.82, 2.24) is 9.97 Å². The first-order chi connectivity index (χ1) is 12.2. The van der Waals surface area contributed by atoms with Crippen LogP contribution in [-0.2, 0) is 6.54 Å². The van der Waals surface area contributed by atoms with Crippen molar-refractivity contribution in [3.8, 4) is 5.75 Å². The highest BCUT2D eigenvalue weighted by Gasteiger charge is 2.10. The van der Waals surface area contributed by atoms with Crippen molar-refractivity contribution in [2.45, 2.75) is 13.5 Å². The lowest BCUT2D eigenvalue weighted by molar-refractivity contribution is 0.417. The van der Waals surface area contributed by atoms with Crippen LogP contribution in [0.1, 0.15) is 11.3 Å². The third-order valence-corrected chi connectivity index (χ3v) is 3.82. The molecule has 0 aliphatic carbocycles. The minimum absolute atomic E-state index is 0.682. The molecule has 0 aliphatic heterocycles. The summed E-state index contributed by atoms with van der Waals surface area (Å²) in [7, 11) is 3.65. The lowest BCUT2D eigenvalue weighted by Crippen LogP contribution is -2.19. The van der Waals surface area contributed by atoms with Gasteiger partial charge in [0.15, 0.2) is 0 Å². The maximum Gasteiger partial charge on any atom is 0.227 e. The molecule has 5 nitrogen and oxygen atoms in total. The molecule has 3 rings (SSSR count). The number of anilines is 3. The van der Waals surface area contributed by atoms with E-state index < -0.39 is 0 Å². The molecule has 1 heterocycles. The molecule has 1 aromatic heterocycles. The topological polar surface area (TPSA) is 50.3 Å². The second kappa shape index (κ2) is 7.66. The fraction of sp³-hybridized carbons (Fsp3) is 0.200. The quantitative estimate of drug-likeness (QED) is 0.733. The zero-order valence-corrected chi connectivity index (χ0v) is 14.7. The molecule has 3 aromatic rings. The van der Waals surface area contributed by atoms with Gasteiger partial charge in [-0.3, -0.25) is 0 Å². The number of hydrogen-bond donors (Lipinski definition) is 1. The number of nitrogens with one attached hydrogen (secondary N) is 1. The molecule has 0 saturated heterocycles. The van der Waals surface area contributed by atoms with E-state index in [4.69, 9.17) is 4.74 Å². The Balaban J connectivity index is 1.82. The fourth-order valence-corrected chi connectivity index (χ4v) is 2.60. The third kappa shape index (κ3) is 4.26. The van der Waals surface area contributed by atoms with Crippen LogP contribution >= 0.6 is 0 Å². The highest BCUT2D eigenvalue weighted by atomic mass is 16.5. The smallest absolute Gasteiger partial charge is 0.227 e. The number of nitrogens with zero attached hydrogens (tertiary/aromatic N) is 3. The molecule has 0 fully saturated rings. The molecule has 0 unspecified atom stereocenters. The number of hydrogen-bond acceptors (Lipinski definition) is 5. The molecular weight excluding hydrogens is 312 g/mol. The third-order valence-electron chi connectivity index (χ3n) is 3.82. The minimum Gasteiger partial charge on any atom is -0.495 e. The van der Waals surface area contributed by atoms with Gasteiger partial charge in [0.25, 0.3) is 0 Å². The van der Waals surface area contributed by atoms with E-state index in [1.807, 2.05) is 67.4 Å². The van der Waals surface area contributed by atoms with Gasteiger partial charge >= 0.3 is 0 Å². The van der Waals surface area contributed by atoms with E-state index >= 15 is 0 Å². The van der Waals surface area contributed by atoms with Gasteiger partial charge in [-0.25, -0.2) is 4.98 Å². The Labute approximate surface area is 148 Å². The van der Waals surface area contributed by atoms with Crippen molar-refractivity contribution in [2.75, 3.05) is 24.4 Å². The van der Waals surface area contributed by atoms with Crippen LogP contribution < -0.4 is 15.0 Å². The molecule has 0 bridgehead atoms. The predicted molar refractivity (Wildman–Crippen MR) is 102 cm³/mol. The standard InChI is InChI=1S/C20H22N4O/c1-15-13-19(22-17-11-7-8-12-18(17)25-3)23-20(21-15)24(2)14-16-9-5-4-6-10-16/h4-13H,14H2,1-3H3,(H,21,22,23). The summed E-state index contributed by atoms with van der Waals surface area (Å²) < 4.78 is 5.39. The average molecular weight is 334 g/mol. The number of aromatic nitrogens is 2. The summed E-state index contributed by atoms with van der Waals surface area (Å²) in [5, 5.41) is 3.32. The van der Waals surface area contributed by atoms with Crippen molar-refractivity contribution >= 4 is 17.5 Å². The summed E-state index contributed by atoms with van der Waals surface area (Å²) in [6.45, 7) is 2.72. The van der Waals surface area contributed by atoms with Crippen LogP contribution in [0, 0.1) is 6.92 Å². The Morgan fingerprint density at radius 3 is 2.48 bits per heavy atom. The zero-order valence-electron chi connectivity index (χ0n) is 14.7. The van der Waals surface area contributed by atoms with Crippen molar-refractivity contribution in [3.05, 3.63) is 71.9 Å². The number of rotatable bonds is 6. The Morgan fingerprint density at radius 1 is 1.00 bits per heavy atom. The van der Waals surface area contributed by atoms with Crippen LogP contribution in [-0.4, -0.2) is 24.1 Å². The van der Waals surface area contributed by atoms with E-state index in [2.05, 4.69) is 27.4 Å². The van der Waals surface area contributed by atoms with E-state index in [0.717, 1.165) is 29.5 Å². The van der Waals surface area contributed by atoms with Crippen LogP contribution in [0.4, 0.5) is 17.5 Å². The van der Waals surface area contributed by atoms with Crippen molar-refractivity contribution in [1.29, 1.82) is 0 Å². The molecule has 0 amide bonds. The van der Waals surface area contributed by atoms with E-state index in [9.17, 15) is 0 Å². The van der Waals surface area contributed by atoms with Gasteiger partial charge in [-0.15, -0.1) is 0 Å². The molecule has 0 radical (unpaired) electrons. The first-order valence-corrected chi connectivity index (χ1v) is 8.16. The predicted octanol–water partition coefficient (Wildman–Crippen LogP) is 4.17. The zero-order chi connectivity index (χ0) is 17.6. The van der Waals surface area contributed by atoms with Gasteiger partial charge in [-0.2, -0.15) is 4.98 Å². The average Bonchev–Trinajstić information content (AvgIpc) is 2.62. The van der Waals surface area contributed by atoms with Gasteiger partial charge < -0.3 is 15.0 Å². The van der Waals surface area contributed by atoms with Crippen molar-refractivity contribution in [3.63, 3.8) is 0 Å². The summed E-state index contributed by atoms with van der Waals surface area (Å²) in [6, 6.07) is 20.0. The highest BCUT2D eigenvalue weighted by molar-refractivity contribution is 5.64. The molecule has 2 aromatic carbocycles. The van der Waals surface area contributed by atoms with Crippen LogP contribution in [0.3, 0.4) is 0 Å². The van der Waals surface area contributed by atoms with Gasteiger partial charge in [0, 0.05) is 25.4 Å². The lowest BCUT2D eigenvalue weighted by Gasteiger charge is -2.19. The molecule has 0 saturated carbocycles. The maximum absolute atomic E-state index is 5.39. The SMILES string of the molecule is COc1ccccc1Nc1cc(C)nc(N(C)Cc2ccccc2)n1. The summed E-state index contributed by atoms with van der Waals surface area (Å²) in [6.07, 6.45) is 0. The fourth-order valence-electron chi connectivity index (χ4n) is 2.60. The Morgan fingerprint density at radius 2 is 1.72 bits per heavy atom. The summed E-state index contributed by atoms with van der Waals surface area (Å²) in [5.41, 5.74) is 3.00. The van der Waals surface area contributed by atoms with E-state index in [0.29, 0.717) is 5.95 Å². The van der Waals surface area contributed by atoms with Crippen LogP contribution in [0.2, 0.25) is 0 Å². The number of para-hydroxylation sites is 2. The molecule has 128 valence electrons. The van der Waals surface area contributed by atoms with Crippen molar-refractivity contribution in [2.24, 2.45) is 0 Å². The Kier molecular flexibility index (Phi) is 5.14. The van der Waals surface area contributed by atoms with Gasteiger partial charge in [0.2, 0.25) is 5.95 Å². The molecule has 5 heteroatoms. The minimum atomic E-state index is 0.682. The van der Waals surface area contributed by atoms with Gasteiger partial charge in [-0.05, 0) is 24.6 Å². The molecule has 25 heavy (non-hydrogen) atoms. The number of methoxy groups -OCH3 is 1. The molecule has 0 aliphatic rings. The van der Waals surface area contributed by atoms with E-state index in [1.165, 1.54) is 5.56 Å². The molecular formula is C20H22N4O. The second-order valence-electron chi connectivity index (χ2n) is 5.86. The first kappa shape index (κ1) is 16.8. The molecule has 0 spiro atoms. The molecule has 1 N–H and O–H groups in total. The van der Waals surface area contributed by atoms with Crippen LogP contribution in [0.25, 0.3) is 0 Å². The second-order valence-corrected chi connectivity index (χ2v) is 5.86. The Hall–Kier alpha value is -3.08. The lowest BCUT2D eigenvalue weighted by atomic mass is 10.2. The van der Waals surface area contributed by atoms with E-state index in [-0.39, 0.29) is 0 Å². The van der Waals surface area contributed by atoms with Gasteiger partial charge in [-0.1, -0.05) is 42.5 Å². The summed E-state index contributed by atoms with van der Waals surface area (Å²) in [5.74, 6) is 2.20. The van der Waals surface area contributed by atoms with E-state index in [1.54, 1.807) is 7.11 Å². The van der Waals surface area contributed by atoms with Crippen LogP contribution in [0.15, 0.2) is 60.7 Å². The van der Waals surface area contributed by atoms with Crippen molar-refractivity contribution < 1.29 is 4.74 Å². The number of ether oxygens (including phenoxy) is 1. The maximum atomic E-state index is 5.39. The summed E-state index contributed by atoms with van der Waals surface area (Å²) in [4.78, 5) is 11.2.